The van der Waals surface area contributed by atoms with Crippen molar-refractivity contribution in [1.82, 2.24) is 0 Å². The Labute approximate surface area is 217 Å². The second-order valence-corrected chi connectivity index (χ2v) is 9.76. The molecule has 37 heavy (non-hydrogen) atoms. The van der Waals surface area contributed by atoms with Crippen molar-refractivity contribution in [2.75, 3.05) is 11.7 Å². The van der Waals surface area contributed by atoms with E-state index in [-0.39, 0.29) is 18.1 Å². The lowest BCUT2D eigenvalue weighted by atomic mass is 9.92. The van der Waals surface area contributed by atoms with E-state index in [4.69, 9.17) is 25.5 Å². The summed E-state index contributed by atoms with van der Waals surface area (Å²) in [6, 6.07) is 18.4. The number of anilines is 1. The number of hydrogen-bond acceptors (Lipinski definition) is 6. The van der Waals surface area contributed by atoms with E-state index in [1.807, 2.05) is 24.3 Å². The van der Waals surface area contributed by atoms with Gasteiger partial charge in [-0.3, -0.25) is 14.5 Å². The van der Waals surface area contributed by atoms with E-state index in [2.05, 4.69) is 13.8 Å². The first-order valence-electron chi connectivity index (χ1n) is 11.8. The highest BCUT2D eigenvalue weighted by Gasteiger charge is 2.45. The maximum absolute atomic E-state index is 13.8. The summed E-state index contributed by atoms with van der Waals surface area (Å²) in [4.78, 5) is 28.7. The minimum Gasteiger partial charge on any atom is -0.503 e. The van der Waals surface area contributed by atoms with Gasteiger partial charge in [0, 0.05) is 22.2 Å². The summed E-state index contributed by atoms with van der Waals surface area (Å²) in [5.74, 6) is -0.562. The van der Waals surface area contributed by atoms with E-state index in [0.29, 0.717) is 44.7 Å². The highest BCUT2D eigenvalue weighted by molar-refractivity contribution is 6.31. The quantitative estimate of drug-likeness (QED) is 0.297. The number of aliphatic hydroxyl groups is 1. The number of carbonyl (C=O) groups is 2. The first kappa shape index (κ1) is 23.2. The van der Waals surface area contributed by atoms with Crippen LogP contribution in [0.4, 0.5) is 5.69 Å². The first-order valence-corrected chi connectivity index (χ1v) is 12.2. The molecular weight excluding hydrogens is 494 g/mol. The molecule has 0 radical (unpaired) electrons. The number of fused-ring (bicyclic) bond motifs is 2. The topological polar surface area (TPSA) is 89.2 Å². The summed E-state index contributed by atoms with van der Waals surface area (Å²) in [5, 5.41) is 12.2. The largest absolute Gasteiger partial charge is 0.503 e. The number of ketones is 1. The molecule has 0 saturated carbocycles. The zero-order valence-electron chi connectivity index (χ0n) is 20.0. The molecule has 8 heteroatoms. The van der Waals surface area contributed by atoms with Crippen LogP contribution in [0, 0.1) is 0 Å². The van der Waals surface area contributed by atoms with Crippen LogP contribution in [0.3, 0.4) is 0 Å². The highest BCUT2D eigenvalue weighted by Crippen LogP contribution is 2.45. The van der Waals surface area contributed by atoms with E-state index < -0.39 is 23.5 Å². The van der Waals surface area contributed by atoms with Crippen LogP contribution in [0.15, 0.2) is 82.5 Å². The van der Waals surface area contributed by atoms with Gasteiger partial charge in [-0.15, -0.1) is 0 Å². The van der Waals surface area contributed by atoms with Gasteiger partial charge >= 0.3 is 0 Å². The predicted molar refractivity (Wildman–Crippen MR) is 139 cm³/mol. The summed E-state index contributed by atoms with van der Waals surface area (Å²) >= 11 is 6.10. The summed E-state index contributed by atoms with van der Waals surface area (Å²) in [6.07, 6.45) is 0. The molecular formula is C29H22ClNO6. The number of aliphatic hydroxyl groups excluding tert-OH is 1. The van der Waals surface area contributed by atoms with Gasteiger partial charge in [-0.1, -0.05) is 49.7 Å². The van der Waals surface area contributed by atoms with Gasteiger partial charge in [0.1, 0.15) is 5.58 Å². The standard InChI is InChI=1S/C29H22ClNO6/c1-15(2)16-3-5-17(6-4-16)26-25(27(32)24-12-18-11-19(30)7-9-21(18)37-24)28(33)29(34)31(26)20-8-10-22-23(13-20)36-14-35-22/h3-13,15,26,33H,14H2,1-2H3. The van der Waals surface area contributed by atoms with Gasteiger partial charge in [-0.05, 0) is 53.4 Å². The molecule has 1 aromatic heterocycles. The van der Waals surface area contributed by atoms with Crippen LogP contribution in [-0.4, -0.2) is 23.6 Å². The molecule has 0 aliphatic carbocycles. The number of benzene rings is 3. The Morgan fingerprint density at radius 1 is 1.00 bits per heavy atom. The number of furan rings is 1. The molecule has 1 amide bonds. The van der Waals surface area contributed by atoms with Crippen molar-refractivity contribution < 1.29 is 28.6 Å². The number of carbonyl (C=O) groups excluding carboxylic acids is 2. The fourth-order valence-electron chi connectivity index (χ4n) is 4.78. The SMILES string of the molecule is CC(C)c1ccc(C2C(C(=O)c3cc4cc(Cl)ccc4o3)=C(O)C(=O)N2c2ccc3c(c2)OCO3)cc1. The van der Waals surface area contributed by atoms with Gasteiger partial charge in [0.2, 0.25) is 12.6 Å². The van der Waals surface area contributed by atoms with Crippen LogP contribution >= 0.6 is 11.6 Å². The fraction of sp³-hybridized carbons (Fsp3) is 0.172. The predicted octanol–water partition coefficient (Wildman–Crippen LogP) is 6.72. The summed E-state index contributed by atoms with van der Waals surface area (Å²) in [6.45, 7) is 4.25. The number of Topliss-reactive ketones (excluding diaryl/α,β-unsaturated/α-hetero) is 1. The summed E-state index contributed by atoms with van der Waals surface area (Å²) in [5.41, 5.74) is 2.64. The Morgan fingerprint density at radius 2 is 1.76 bits per heavy atom. The van der Waals surface area contributed by atoms with E-state index >= 15 is 0 Å². The van der Waals surface area contributed by atoms with Gasteiger partial charge in [0.05, 0.1) is 11.6 Å². The smallest absolute Gasteiger partial charge is 0.294 e. The fourth-order valence-corrected chi connectivity index (χ4v) is 4.96. The van der Waals surface area contributed by atoms with Crippen LogP contribution in [0.2, 0.25) is 5.02 Å². The Morgan fingerprint density at radius 3 is 2.51 bits per heavy atom. The molecule has 1 N–H and O–H groups in total. The summed E-state index contributed by atoms with van der Waals surface area (Å²) < 4.78 is 16.7. The molecule has 3 heterocycles. The van der Waals surface area contributed by atoms with Crippen molar-refractivity contribution in [3.63, 3.8) is 0 Å². The van der Waals surface area contributed by atoms with E-state index in [9.17, 15) is 14.7 Å². The monoisotopic (exact) mass is 515 g/mol. The molecule has 0 fully saturated rings. The number of halogens is 1. The number of nitrogens with zero attached hydrogens (tertiary/aromatic N) is 1. The third kappa shape index (κ3) is 3.83. The van der Waals surface area contributed by atoms with Gasteiger partial charge in [0.15, 0.2) is 23.0 Å². The number of hydrogen-bond donors (Lipinski definition) is 1. The van der Waals surface area contributed by atoms with Gasteiger partial charge in [-0.2, -0.15) is 0 Å². The molecule has 0 saturated heterocycles. The molecule has 6 rings (SSSR count). The summed E-state index contributed by atoms with van der Waals surface area (Å²) in [7, 11) is 0. The van der Waals surface area contributed by atoms with Crippen LogP contribution in [0.25, 0.3) is 11.0 Å². The van der Waals surface area contributed by atoms with Crippen LogP contribution < -0.4 is 14.4 Å². The molecule has 186 valence electrons. The Kier molecular flexibility index (Phi) is 5.46. The average molecular weight is 516 g/mol. The van der Waals surface area contributed by atoms with Crippen LogP contribution in [0.5, 0.6) is 11.5 Å². The van der Waals surface area contributed by atoms with Crippen molar-refractivity contribution in [2.24, 2.45) is 0 Å². The second kappa shape index (κ2) is 8.71. The van der Waals surface area contributed by atoms with Crippen molar-refractivity contribution in [2.45, 2.75) is 25.8 Å². The number of amides is 1. The van der Waals surface area contributed by atoms with Crippen molar-refractivity contribution in [1.29, 1.82) is 0 Å². The lowest BCUT2D eigenvalue weighted by Gasteiger charge is -2.27. The third-order valence-electron chi connectivity index (χ3n) is 6.71. The molecule has 1 unspecified atom stereocenters. The lowest BCUT2D eigenvalue weighted by Crippen LogP contribution is -2.31. The third-order valence-corrected chi connectivity index (χ3v) is 6.94. The minimum atomic E-state index is -0.890. The van der Waals surface area contributed by atoms with Crippen molar-refractivity contribution in [3.05, 3.63) is 100.0 Å². The Bertz CT molecular complexity index is 1600. The van der Waals surface area contributed by atoms with Crippen molar-refractivity contribution >= 4 is 39.9 Å². The molecule has 2 aliphatic rings. The van der Waals surface area contributed by atoms with Gasteiger partial charge in [0.25, 0.3) is 5.91 Å². The van der Waals surface area contributed by atoms with Gasteiger partial charge in [-0.25, -0.2) is 0 Å². The maximum Gasteiger partial charge on any atom is 0.294 e. The van der Waals surface area contributed by atoms with E-state index in [0.717, 1.165) is 5.56 Å². The van der Waals surface area contributed by atoms with E-state index in [1.165, 1.54) is 4.90 Å². The zero-order chi connectivity index (χ0) is 25.8. The van der Waals surface area contributed by atoms with E-state index in [1.54, 1.807) is 42.5 Å². The lowest BCUT2D eigenvalue weighted by molar-refractivity contribution is -0.117. The van der Waals surface area contributed by atoms with Gasteiger partial charge < -0.3 is 19.0 Å². The van der Waals surface area contributed by atoms with Crippen LogP contribution in [0.1, 0.15) is 47.5 Å². The zero-order valence-corrected chi connectivity index (χ0v) is 20.8. The maximum atomic E-state index is 13.8. The average Bonchev–Trinajstić information content (AvgIpc) is 3.59. The van der Waals surface area contributed by atoms with Crippen LogP contribution in [-0.2, 0) is 4.79 Å². The Hall–Kier alpha value is -4.23. The number of rotatable bonds is 5. The van der Waals surface area contributed by atoms with Crippen molar-refractivity contribution in [3.8, 4) is 11.5 Å². The molecule has 2 aliphatic heterocycles. The Balaban J connectivity index is 1.48. The normalized spacial score (nSPS) is 16.9. The highest BCUT2D eigenvalue weighted by atomic mass is 35.5. The molecule has 4 aromatic rings. The minimum absolute atomic E-state index is 0.00274. The molecule has 3 aromatic carbocycles. The molecule has 1 atom stereocenters. The number of ether oxygens (including phenoxy) is 2. The molecule has 7 nitrogen and oxygen atoms in total. The molecule has 0 bridgehead atoms. The molecule has 0 spiro atoms. The second-order valence-electron chi connectivity index (χ2n) is 9.32. The first-order chi connectivity index (χ1) is 17.8.